The van der Waals surface area contributed by atoms with Crippen molar-refractivity contribution in [3.63, 3.8) is 0 Å². The number of aliphatic hydroxyl groups is 1. The molecule has 106 valence electrons. The summed E-state index contributed by atoms with van der Waals surface area (Å²) >= 11 is 0. The van der Waals surface area contributed by atoms with E-state index >= 15 is 0 Å². The van der Waals surface area contributed by atoms with Gasteiger partial charge in [0.2, 0.25) is 0 Å². The highest BCUT2D eigenvalue weighted by molar-refractivity contribution is 4.89. The van der Waals surface area contributed by atoms with Crippen LogP contribution in [0.15, 0.2) is 0 Å². The van der Waals surface area contributed by atoms with Gasteiger partial charge in [0.1, 0.15) is 0 Å². The van der Waals surface area contributed by atoms with Crippen molar-refractivity contribution in [3.8, 4) is 0 Å². The fourth-order valence-electron chi connectivity index (χ4n) is 3.29. The average Bonchev–Trinajstić information content (AvgIpc) is 2.37. The van der Waals surface area contributed by atoms with Gasteiger partial charge in [0, 0.05) is 50.3 Å². The van der Waals surface area contributed by atoms with E-state index in [0.29, 0.717) is 18.7 Å². The minimum absolute atomic E-state index is 0.0770. The summed E-state index contributed by atoms with van der Waals surface area (Å²) in [6.45, 7) is 9.74. The quantitative estimate of drug-likeness (QED) is 0.810. The minimum Gasteiger partial charge on any atom is -0.396 e. The molecule has 4 nitrogen and oxygen atoms in total. The van der Waals surface area contributed by atoms with Gasteiger partial charge in [0.05, 0.1) is 6.61 Å². The molecular weight excluding hydrogens is 228 g/mol. The van der Waals surface area contributed by atoms with Crippen molar-refractivity contribution in [3.05, 3.63) is 0 Å². The number of hydrogen-bond donors (Lipinski definition) is 1. The van der Waals surface area contributed by atoms with E-state index in [-0.39, 0.29) is 5.41 Å². The van der Waals surface area contributed by atoms with Crippen LogP contribution in [0.2, 0.25) is 0 Å². The summed E-state index contributed by atoms with van der Waals surface area (Å²) in [4.78, 5) is 4.99. The van der Waals surface area contributed by atoms with Crippen LogP contribution in [0, 0.1) is 5.41 Å². The first-order chi connectivity index (χ1) is 8.56. The molecule has 4 heteroatoms. The maximum atomic E-state index is 9.76. The highest BCUT2D eigenvalue weighted by Crippen LogP contribution is 2.32. The third kappa shape index (κ3) is 3.05. The van der Waals surface area contributed by atoms with Crippen LogP contribution in [0.25, 0.3) is 0 Å². The monoisotopic (exact) mass is 256 g/mol. The molecule has 2 aliphatic heterocycles. The number of nitrogens with zero attached hydrogens (tertiary/aromatic N) is 2. The second kappa shape index (κ2) is 5.87. The number of rotatable bonds is 3. The third-order valence-electron chi connectivity index (χ3n) is 4.88. The summed E-state index contributed by atoms with van der Waals surface area (Å²) in [6, 6.07) is 1.20. The zero-order valence-electron chi connectivity index (χ0n) is 12.1. The summed E-state index contributed by atoms with van der Waals surface area (Å²) in [5.41, 5.74) is 0.0770. The maximum Gasteiger partial charge on any atom is 0.0501 e. The van der Waals surface area contributed by atoms with Crippen LogP contribution in [-0.2, 0) is 4.74 Å². The summed E-state index contributed by atoms with van der Waals surface area (Å²) in [7, 11) is 2.21. The molecule has 0 aromatic carbocycles. The lowest BCUT2D eigenvalue weighted by Crippen LogP contribution is -2.57. The summed E-state index contributed by atoms with van der Waals surface area (Å²) in [5.74, 6) is 0. The molecule has 0 aromatic heterocycles. The first-order valence-electron chi connectivity index (χ1n) is 7.19. The Kier molecular flexibility index (Phi) is 4.64. The van der Waals surface area contributed by atoms with E-state index in [2.05, 4.69) is 30.7 Å². The Balaban J connectivity index is 1.95. The number of piperazine rings is 1. The number of hydrogen-bond acceptors (Lipinski definition) is 4. The lowest BCUT2D eigenvalue weighted by Gasteiger charge is -2.47. The number of likely N-dealkylation sites (N-methyl/N-ethyl adjacent to an activating group) is 1. The smallest absolute Gasteiger partial charge is 0.0501 e. The molecule has 2 fully saturated rings. The molecule has 2 aliphatic rings. The second-order valence-electron chi connectivity index (χ2n) is 6.33. The normalized spacial score (nSPS) is 34.7. The second-order valence-corrected chi connectivity index (χ2v) is 6.33. The highest BCUT2D eigenvalue weighted by atomic mass is 16.5. The van der Waals surface area contributed by atoms with Crippen molar-refractivity contribution in [2.45, 2.75) is 38.8 Å². The fraction of sp³-hybridized carbons (Fsp3) is 1.00. The molecule has 2 saturated heterocycles. The average molecular weight is 256 g/mol. The number of ether oxygens (including phenoxy) is 1. The Hall–Kier alpha value is -0.160. The lowest BCUT2D eigenvalue weighted by molar-refractivity contribution is -0.0495. The van der Waals surface area contributed by atoms with Crippen molar-refractivity contribution >= 4 is 0 Å². The molecule has 0 bridgehead atoms. The lowest BCUT2D eigenvalue weighted by atomic mass is 9.80. The van der Waals surface area contributed by atoms with E-state index in [9.17, 15) is 5.11 Å². The van der Waals surface area contributed by atoms with Gasteiger partial charge in [-0.25, -0.2) is 0 Å². The molecule has 0 aliphatic carbocycles. The van der Waals surface area contributed by atoms with Crippen molar-refractivity contribution in [1.82, 2.24) is 9.80 Å². The maximum absolute atomic E-state index is 9.76. The van der Waals surface area contributed by atoms with Gasteiger partial charge >= 0.3 is 0 Å². The molecule has 0 saturated carbocycles. The molecule has 18 heavy (non-hydrogen) atoms. The van der Waals surface area contributed by atoms with Gasteiger partial charge in [-0.3, -0.25) is 9.80 Å². The van der Waals surface area contributed by atoms with Crippen LogP contribution in [0.5, 0.6) is 0 Å². The SMILES string of the molecule is CC1CN(CC2(CO)CCOCC2)CC(C)N1C. The van der Waals surface area contributed by atoms with Gasteiger partial charge in [-0.05, 0) is 33.7 Å². The Morgan fingerprint density at radius 3 is 2.22 bits per heavy atom. The third-order valence-corrected chi connectivity index (χ3v) is 4.88. The van der Waals surface area contributed by atoms with Crippen LogP contribution in [0.4, 0.5) is 0 Å². The standard InChI is InChI=1S/C14H28N2O2/c1-12-8-16(9-13(2)15(12)3)10-14(11-17)4-6-18-7-5-14/h12-13,17H,4-11H2,1-3H3. The first-order valence-corrected chi connectivity index (χ1v) is 7.19. The Bertz CT molecular complexity index is 255. The van der Waals surface area contributed by atoms with Crippen LogP contribution >= 0.6 is 0 Å². The van der Waals surface area contributed by atoms with Crippen LogP contribution in [0.1, 0.15) is 26.7 Å². The summed E-state index contributed by atoms with van der Waals surface area (Å²) in [6.07, 6.45) is 2.00. The zero-order chi connectivity index (χ0) is 13.2. The predicted molar refractivity (Wildman–Crippen MR) is 72.7 cm³/mol. The molecule has 2 atom stereocenters. The molecular formula is C14H28N2O2. The van der Waals surface area contributed by atoms with Gasteiger partial charge in [0.15, 0.2) is 0 Å². The van der Waals surface area contributed by atoms with Gasteiger partial charge in [-0.15, -0.1) is 0 Å². The highest BCUT2D eigenvalue weighted by Gasteiger charge is 2.36. The van der Waals surface area contributed by atoms with Gasteiger partial charge < -0.3 is 9.84 Å². The molecule has 0 radical (unpaired) electrons. The summed E-state index contributed by atoms with van der Waals surface area (Å²) < 4.78 is 5.44. The van der Waals surface area contributed by atoms with E-state index in [1.165, 1.54) is 0 Å². The van der Waals surface area contributed by atoms with Gasteiger partial charge in [-0.1, -0.05) is 0 Å². The van der Waals surface area contributed by atoms with Crippen LogP contribution < -0.4 is 0 Å². The summed E-state index contributed by atoms with van der Waals surface area (Å²) in [5, 5.41) is 9.76. The van der Waals surface area contributed by atoms with Crippen molar-refractivity contribution in [2.75, 3.05) is 46.5 Å². The fourth-order valence-corrected chi connectivity index (χ4v) is 3.29. The molecule has 0 aromatic rings. The topological polar surface area (TPSA) is 35.9 Å². The first kappa shape index (κ1) is 14.3. The molecule has 2 heterocycles. The predicted octanol–water partition coefficient (Wildman–Crippen LogP) is 0.800. The van der Waals surface area contributed by atoms with Crippen molar-refractivity contribution in [1.29, 1.82) is 0 Å². The minimum atomic E-state index is 0.0770. The van der Waals surface area contributed by atoms with E-state index in [0.717, 1.165) is 45.7 Å². The Morgan fingerprint density at radius 2 is 1.72 bits per heavy atom. The molecule has 1 N–H and O–H groups in total. The van der Waals surface area contributed by atoms with Gasteiger partial charge in [-0.2, -0.15) is 0 Å². The molecule has 0 amide bonds. The van der Waals surface area contributed by atoms with E-state index < -0.39 is 0 Å². The van der Waals surface area contributed by atoms with E-state index in [1.54, 1.807) is 0 Å². The Morgan fingerprint density at radius 1 is 1.17 bits per heavy atom. The van der Waals surface area contributed by atoms with E-state index in [4.69, 9.17) is 4.74 Å². The van der Waals surface area contributed by atoms with Gasteiger partial charge in [0.25, 0.3) is 0 Å². The van der Waals surface area contributed by atoms with E-state index in [1.807, 2.05) is 0 Å². The Labute approximate surface area is 111 Å². The van der Waals surface area contributed by atoms with Crippen molar-refractivity contribution in [2.24, 2.45) is 5.41 Å². The van der Waals surface area contributed by atoms with Crippen LogP contribution in [0.3, 0.4) is 0 Å². The van der Waals surface area contributed by atoms with Crippen LogP contribution in [-0.4, -0.2) is 73.5 Å². The molecule has 2 rings (SSSR count). The molecule has 2 unspecified atom stereocenters. The number of aliphatic hydroxyl groups excluding tert-OH is 1. The molecule has 0 spiro atoms. The zero-order valence-corrected chi connectivity index (χ0v) is 12.1. The van der Waals surface area contributed by atoms with Crippen molar-refractivity contribution < 1.29 is 9.84 Å². The largest absolute Gasteiger partial charge is 0.396 e.